The van der Waals surface area contributed by atoms with E-state index in [0.717, 1.165) is 30.1 Å². The molecule has 0 N–H and O–H groups in total. The minimum Gasteiger partial charge on any atom is -0.302 e. The van der Waals surface area contributed by atoms with Crippen molar-refractivity contribution in [2.45, 2.75) is 72.1 Å². The molecule has 122 valence electrons. The van der Waals surface area contributed by atoms with E-state index in [1.54, 1.807) is 0 Å². The molecule has 0 spiro atoms. The number of fused-ring (bicyclic) bond motifs is 5. The van der Waals surface area contributed by atoms with Crippen LogP contribution in [0.25, 0.3) is 0 Å². The lowest BCUT2D eigenvalue weighted by Crippen LogP contribution is -2.51. The normalized spacial score (nSPS) is 54.0. The molecule has 0 aromatic rings. The van der Waals surface area contributed by atoms with E-state index in [1.165, 1.54) is 56.8 Å². The van der Waals surface area contributed by atoms with Crippen molar-refractivity contribution in [1.29, 1.82) is 0 Å². The quantitative estimate of drug-likeness (QED) is 0.468. The maximum Gasteiger partial charge on any atom is 0.130 e. The number of carbonyl (C=O) groups is 1. The lowest BCUT2D eigenvalue weighted by molar-refractivity contribution is -0.125. The van der Waals surface area contributed by atoms with Gasteiger partial charge in [-0.15, -0.1) is 0 Å². The Hall–Kier alpha value is -0.590. The van der Waals surface area contributed by atoms with Crippen molar-refractivity contribution in [3.8, 4) is 0 Å². The highest BCUT2D eigenvalue weighted by atomic mass is 16.1. The van der Waals surface area contributed by atoms with Gasteiger partial charge in [0.2, 0.25) is 0 Å². The Morgan fingerprint density at radius 3 is 2.68 bits per heavy atom. The maximum absolute atomic E-state index is 12.3. The van der Waals surface area contributed by atoms with Gasteiger partial charge in [0.05, 0.1) is 0 Å². The van der Waals surface area contributed by atoms with Crippen LogP contribution in [-0.4, -0.2) is 6.29 Å². The Labute approximate surface area is 135 Å². The highest BCUT2D eigenvalue weighted by molar-refractivity contribution is 5.67. The molecule has 22 heavy (non-hydrogen) atoms. The van der Waals surface area contributed by atoms with Gasteiger partial charge in [0.15, 0.2) is 0 Å². The van der Waals surface area contributed by atoms with Gasteiger partial charge < -0.3 is 4.79 Å². The summed E-state index contributed by atoms with van der Waals surface area (Å²) >= 11 is 0. The van der Waals surface area contributed by atoms with Gasteiger partial charge in [-0.1, -0.05) is 32.4 Å². The summed E-state index contributed by atoms with van der Waals surface area (Å²) in [6.45, 7) is 7.39. The van der Waals surface area contributed by atoms with Crippen LogP contribution in [0.2, 0.25) is 0 Å². The Morgan fingerprint density at radius 2 is 1.91 bits per heavy atom. The molecule has 3 fully saturated rings. The Kier molecular flexibility index (Phi) is 3.37. The zero-order chi connectivity index (χ0) is 15.5. The Balaban J connectivity index is 1.72. The van der Waals surface area contributed by atoms with Crippen LogP contribution in [0.5, 0.6) is 0 Å². The fourth-order valence-electron chi connectivity index (χ4n) is 7.03. The molecule has 0 amide bonds. The number of allylic oxidation sites excluding steroid dienone is 2. The molecule has 4 rings (SSSR count). The molecule has 0 radical (unpaired) electrons. The topological polar surface area (TPSA) is 17.1 Å². The molecular formula is C21H32O. The second-order valence-electron chi connectivity index (χ2n) is 9.37. The van der Waals surface area contributed by atoms with Crippen LogP contribution in [0.3, 0.4) is 0 Å². The first-order chi connectivity index (χ1) is 10.5. The summed E-state index contributed by atoms with van der Waals surface area (Å²) in [6.07, 6.45) is 14.2. The lowest BCUT2D eigenvalue weighted by atomic mass is 9.47. The van der Waals surface area contributed by atoms with Gasteiger partial charge in [-0.3, -0.25) is 0 Å². The van der Waals surface area contributed by atoms with Crippen LogP contribution in [0.4, 0.5) is 0 Å². The summed E-state index contributed by atoms with van der Waals surface area (Å²) in [5, 5.41) is 0. The summed E-state index contributed by atoms with van der Waals surface area (Å²) in [6, 6.07) is 0. The van der Waals surface area contributed by atoms with Crippen LogP contribution in [-0.2, 0) is 4.79 Å². The summed E-state index contributed by atoms with van der Waals surface area (Å²) in [4.78, 5) is 12.3. The van der Waals surface area contributed by atoms with E-state index in [9.17, 15) is 4.79 Å². The predicted octanol–water partition coefficient (Wildman–Crippen LogP) is 5.40. The van der Waals surface area contributed by atoms with Gasteiger partial charge in [-0.05, 0) is 86.4 Å². The number of aldehydes is 1. The Morgan fingerprint density at radius 1 is 1.09 bits per heavy atom. The molecule has 4 aliphatic carbocycles. The lowest BCUT2D eigenvalue weighted by Gasteiger charge is -2.57. The van der Waals surface area contributed by atoms with E-state index >= 15 is 0 Å². The number of hydrogen-bond acceptors (Lipinski definition) is 1. The number of carbonyl (C=O) groups excluding carboxylic acids is 1. The molecule has 0 aromatic carbocycles. The van der Waals surface area contributed by atoms with E-state index in [1.807, 2.05) is 0 Å². The minimum absolute atomic E-state index is 0.0669. The summed E-state index contributed by atoms with van der Waals surface area (Å²) in [5.41, 5.74) is 2.01. The monoisotopic (exact) mass is 300 g/mol. The molecule has 0 aliphatic heterocycles. The fourth-order valence-corrected chi connectivity index (χ4v) is 7.03. The van der Waals surface area contributed by atoms with Gasteiger partial charge in [-0.2, -0.15) is 0 Å². The zero-order valence-corrected chi connectivity index (χ0v) is 14.6. The van der Waals surface area contributed by atoms with Crippen molar-refractivity contribution in [2.24, 2.45) is 40.4 Å². The van der Waals surface area contributed by atoms with Gasteiger partial charge in [0.25, 0.3) is 0 Å². The van der Waals surface area contributed by atoms with Gasteiger partial charge >= 0.3 is 0 Å². The van der Waals surface area contributed by atoms with Crippen molar-refractivity contribution in [1.82, 2.24) is 0 Å². The van der Waals surface area contributed by atoms with Crippen LogP contribution < -0.4 is 0 Å². The molecule has 4 aliphatic rings. The van der Waals surface area contributed by atoms with Crippen molar-refractivity contribution in [3.05, 3.63) is 11.6 Å². The summed E-state index contributed by atoms with van der Waals surface area (Å²) in [5.74, 6) is 3.96. The third-order valence-electron chi connectivity index (χ3n) is 8.64. The van der Waals surface area contributed by atoms with Gasteiger partial charge in [0.1, 0.15) is 6.29 Å². The zero-order valence-electron chi connectivity index (χ0n) is 14.6. The minimum atomic E-state index is -0.0669. The molecule has 0 saturated heterocycles. The summed E-state index contributed by atoms with van der Waals surface area (Å²) in [7, 11) is 0. The third-order valence-corrected chi connectivity index (χ3v) is 8.64. The first-order valence-electron chi connectivity index (χ1n) is 9.67. The maximum atomic E-state index is 12.3. The van der Waals surface area contributed by atoms with E-state index in [4.69, 9.17) is 0 Å². The van der Waals surface area contributed by atoms with Crippen LogP contribution in [0, 0.1) is 40.4 Å². The fraction of sp³-hybridized carbons (Fsp3) is 0.857. The smallest absolute Gasteiger partial charge is 0.130 e. The van der Waals surface area contributed by atoms with Crippen molar-refractivity contribution >= 4 is 6.29 Å². The molecule has 1 nitrogen and oxygen atoms in total. The van der Waals surface area contributed by atoms with E-state index < -0.39 is 0 Å². The van der Waals surface area contributed by atoms with Crippen molar-refractivity contribution < 1.29 is 4.79 Å². The molecule has 0 heterocycles. The highest BCUT2D eigenvalue weighted by Gasteiger charge is 2.58. The van der Waals surface area contributed by atoms with Crippen molar-refractivity contribution in [2.75, 3.05) is 0 Å². The predicted molar refractivity (Wildman–Crippen MR) is 90.4 cm³/mol. The molecule has 3 saturated carbocycles. The highest BCUT2D eigenvalue weighted by Crippen LogP contribution is 2.65. The van der Waals surface area contributed by atoms with Gasteiger partial charge in [-0.25, -0.2) is 0 Å². The number of hydrogen-bond donors (Lipinski definition) is 0. The molecule has 1 heteroatoms. The second kappa shape index (κ2) is 4.95. The first-order valence-corrected chi connectivity index (χ1v) is 9.67. The van der Waals surface area contributed by atoms with Crippen LogP contribution in [0.1, 0.15) is 72.1 Å². The third kappa shape index (κ3) is 1.80. The van der Waals surface area contributed by atoms with E-state index in [0.29, 0.717) is 11.3 Å². The average molecular weight is 300 g/mol. The second-order valence-corrected chi connectivity index (χ2v) is 9.37. The Bertz CT molecular complexity index is 506. The van der Waals surface area contributed by atoms with E-state index in [-0.39, 0.29) is 5.41 Å². The molecule has 0 aromatic heterocycles. The standard InChI is InChI=1S/C21H32O/c1-14-8-11-21(13-22)16(12-14)5-6-17-18-7-4-15(2)20(18,3)10-9-19(17)21/h5,13-15,17-19H,4,6-12H2,1-3H3/t14-,15-,17?,18?,19?,20+,21+/m0/s1. The molecule has 7 atom stereocenters. The van der Waals surface area contributed by atoms with Crippen molar-refractivity contribution in [3.63, 3.8) is 0 Å². The molecule has 3 unspecified atom stereocenters. The van der Waals surface area contributed by atoms with Crippen LogP contribution in [0.15, 0.2) is 11.6 Å². The SMILES string of the molecule is C[C@H]1CC[C@@]2(C=O)C(=CCC3C2CC[C@@]2(C)C3CC[C@@H]2C)C1. The average Bonchev–Trinajstić information content (AvgIpc) is 2.82. The number of rotatable bonds is 1. The van der Waals surface area contributed by atoms with E-state index in [2.05, 4.69) is 26.8 Å². The largest absolute Gasteiger partial charge is 0.302 e. The first kappa shape index (κ1) is 15.0. The van der Waals surface area contributed by atoms with Gasteiger partial charge in [0, 0.05) is 5.41 Å². The molecular weight excluding hydrogens is 268 g/mol. The summed E-state index contributed by atoms with van der Waals surface area (Å²) < 4.78 is 0. The molecule has 0 bridgehead atoms. The van der Waals surface area contributed by atoms with Crippen LogP contribution >= 0.6 is 0 Å².